The maximum absolute atomic E-state index is 6.12. The highest BCUT2D eigenvalue weighted by Crippen LogP contribution is 2.23. The van der Waals surface area contributed by atoms with E-state index >= 15 is 0 Å². The lowest BCUT2D eigenvalue weighted by atomic mass is 10.0. The molecule has 0 bridgehead atoms. The number of rotatable bonds is 5. The monoisotopic (exact) mass is 287 g/mol. The van der Waals surface area contributed by atoms with E-state index in [4.69, 9.17) is 11.6 Å². The van der Waals surface area contributed by atoms with E-state index < -0.39 is 0 Å². The molecule has 0 radical (unpaired) electrons. The van der Waals surface area contributed by atoms with E-state index in [-0.39, 0.29) is 0 Å². The van der Waals surface area contributed by atoms with Crippen LogP contribution in [0.5, 0.6) is 0 Å². The van der Waals surface area contributed by atoms with Crippen molar-refractivity contribution in [3.8, 4) is 0 Å². The van der Waals surface area contributed by atoms with E-state index in [2.05, 4.69) is 49.5 Å². The molecule has 2 aromatic rings. The van der Waals surface area contributed by atoms with Crippen molar-refractivity contribution in [3.63, 3.8) is 0 Å². The molecule has 0 amide bonds. The van der Waals surface area contributed by atoms with Crippen LogP contribution in [0.25, 0.3) is 0 Å². The van der Waals surface area contributed by atoms with Crippen LogP contribution >= 0.6 is 11.6 Å². The molecule has 0 aliphatic rings. The molecular weight excluding hydrogens is 266 g/mol. The van der Waals surface area contributed by atoms with Crippen molar-refractivity contribution in [2.45, 2.75) is 33.7 Å². The predicted octanol–water partition coefficient (Wildman–Crippen LogP) is 5.46. The van der Waals surface area contributed by atoms with Crippen LogP contribution in [0, 0.1) is 12.8 Å². The van der Waals surface area contributed by atoms with E-state index in [1.165, 1.54) is 11.1 Å². The summed E-state index contributed by atoms with van der Waals surface area (Å²) in [4.78, 5) is 0. The highest BCUT2D eigenvalue weighted by Gasteiger charge is 2.02. The fourth-order valence-corrected chi connectivity index (χ4v) is 2.44. The smallest absolute Gasteiger partial charge is 0.0455 e. The second-order valence-electron chi connectivity index (χ2n) is 5.68. The molecule has 0 atom stereocenters. The first-order valence-corrected chi connectivity index (χ1v) is 7.51. The molecular formula is C18H22ClN. The van der Waals surface area contributed by atoms with Gasteiger partial charge in [-0.25, -0.2) is 0 Å². The minimum Gasteiger partial charge on any atom is -0.381 e. The van der Waals surface area contributed by atoms with Crippen LogP contribution in [0.2, 0.25) is 5.02 Å². The molecule has 0 spiro atoms. The van der Waals surface area contributed by atoms with Crippen LogP contribution in [0.4, 0.5) is 5.69 Å². The minimum absolute atomic E-state index is 0.702. The first-order valence-electron chi connectivity index (χ1n) is 7.13. The van der Waals surface area contributed by atoms with Crippen molar-refractivity contribution in [1.82, 2.24) is 0 Å². The van der Waals surface area contributed by atoms with Crippen molar-refractivity contribution in [2.24, 2.45) is 5.92 Å². The molecule has 0 saturated heterocycles. The van der Waals surface area contributed by atoms with Gasteiger partial charge in [-0.15, -0.1) is 0 Å². The third-order valence-corrected chi connectivity index (χ3v) is 3.83. The predicted molar refractivity (Wildman–Crippen MR) is 88.5 cm³/mol. The molecule has 2 aromatic carbocycles. The van der Waals surface area contributed by atoms with Gasteiger partial charge in [0, 0.05) is 17.3 Å². The molecule has 0 saturated carbocycles. The number of halogens is 1. The fourth-order valence-electron chi connectivity index (χ4n) is 2.26. The van der Waals surface area contributed by atoms with Gasteiger partial charge in [-0.1, -0.05) is 55.8 Å². The van der Waals surface area contributed by atoms with Gasteiger partial charge in [0.15, 0.2) is 0 Å². The maximum atomic E-state index is 6.12. The molecule has 2 heteroatoms. The maximum Gasteiger partial charge on any atom is 0.0455 e. The van der Waals surface area contributed by atoms with Crippen LogP contribution in [0.1, 0.15) is 30.5 Å². The first-order chi connectivity index (χ1) is 9.56. The van der Waals surface area contributed by atoms with Gasteiger partial charge in [-0.2, -0.15) is 0 Å². The second-order valence-corrected chi connectivity index (χ2v) is 6.09. The van der Waals surface area contributed by atoms with Crippen molar-refractivity contribution >= 4 is 17.3 Å². The van der Waals surface area contributed by atoms with Gasteiger partial charge in [-0.3, -0.25) is 0 Å². The Morgan fingerprint density at radius 2 is 1.65 bits per heavy atom. The summed E-state index contributed by atoms with van der Waals surface area (Å²) in [6.45, 7) is 7.36. The summed E-state index contributed by atoms with van der Waals surface area (Å²) in [7, 11) is 0. The minimum atomic E-state index is 0.702. The van der Waals surface area contributed by atoms with E-state index in [9.17, 15) is 0 Å². The standard InChI is InChI=1S/C18H22ClN/c1-13(2)11-15-7-9-16(10-8-15)12-20-18-6-4-5-17(19)14(18)3/h4-10,13,20H,11-12H2,1-3H3. The third-order valence-electron chi connectivity index (χ3n) is 3.42. The largest absolute Gasteiger partial charge is 0.381 e. The Morgan fingerprint density at radius 3 is 2.30 bits per heavy atom. The van der Waals surface area contributed by atoms with Gasteiger partial charge in [-0.05, 0) is 48.1 Å². The molecule has 106 valence electrons. The lowest BCUT2D eigenvalue weighted by molar-refractivity contribution is 0.647. The van der Waals surface area contributed by atoms with Crippen LogP contribution in [-0.2, 0) is 13.0 Å². The zero-order valence-corrected chi connectivity index (χ0v) is 13.2. The molecule has 0 heterocycles. The van der Waals surface area contributed by atoms with Crippen molar-refractivity contribution < 1.29 is 0 Å². The molecule has 2 rings (SSSR count). The molecule has 0 aliphatic heterocycles. The molecule has 20 heavy (non-hydrogen) atoms. The van der Waals surface area contributed by atoms with Gasteiger partial charge < -0.3 is 5.32 Å². The summed E-state index contributed by atoms with van der Waals surface area (Å²) in [6, 6.07) is 14.8. The summed E-state index contributed by atoms with van der Waals surface area (Å²) in [5.41, 5.74) is 4.90. The Balaban J connectivity index is 1.99. The zero-order valence-electron chi connectivity index (χ0n) is 12.4. The van der Waals surface area contributed by atoms with Gasteiger partial charge in [0.05, 0.1) is 0 Å². The molecule has 0 aromatic heterocycles. The number of nitrogens with one attached hydrogen (secondary N) is 1. The summed E-state index contributed by atoms with van der Waals surface area (Å²) in [6.07, 6.45) is 1.14. The van der Waals surface area contributed by atoms with Gasteiger partial charge in [0.2, 0.25) is 0 Å². The Hall–Kier alpha value is -1.47. The van der Waals surface area contributed by atoms with Crippen molar-refractivity contribution in [3.05, 3.63) is 64.2 Å². The number of benzene rings is 2. The van der Waals surface area contributed by atoms with Gasteiger partial charge >= 0.3 is 0 Å². The van der Waals surface area contributed by atoms with Gasteiger partial charge in [0.25, 0.3) is 0 Å². The molecule has 1 nitrogen and oxygen atoms in total. The van der Waals surface area contributed by atoms with E-state index in [0.29, 0.717) is 5.92 Å². The van der Waals surface area contributed by atoms with Crippen LogP contribution in [0.15, 0.2) is 42.5 Å². The number of anilines is 1. The number of hydrogen-bond donors (Lipinski definition) is 1. The summed E-state index contributed by atoms with van der Waals surface area (Å²) in [5.74, 6) is 0.702. The Labute approximate surface area is 127 Å². The topological polar surface area (TPSA) is 12.0 Å². The molecule has 0 fully saturated rings. The molecule has 0 unspecified atom stereocenters. The average molecular weight is 288 g/mol. The first kappa shape index (κ1) is 14.9. The zero-order chi connectivity index (χ0) is 14.5. The Bertz CT molecular complexity index is 558. The average Bonchev–Trinajstić information content (AvgIpc) is 2.41. The van der Waals surface area contributed by atoms with E-state index in [0.717, 1.165) is 29.2 Å². The Morgan fingerprint density at radius 1 is 1.00 bits per heavy atom. The second kappa shape index (κ2) is 6.81. The van der Waals surface area contributed by atoms with Crippen LogP contribution in [0.3, 0.4) is 0 Å². The SMILES string of the molecule is Cc1c(Cl)cccc1NCc1ccc(CC(C)C)cc1. The normalized spacial score (nSPS) is 10.8. The molecule has 0 aliphatic carbocycles. The highest BCUT2D eigenvalue weighted by atomic mass is 35.5. The molecule has 1 N–H and O–H groups in total. The summed E-state index contributed by atoms with van der Waals surface area (Å²) >= 11 is 6.12. The third kappa shape index (κ3) is 4.01. The van der Waals surface area contributed by atoms with E-state index in [1.807, 2.05) is 19.1 Å². The number of hydrogen-bond acceptors (Lipinski definition) is 1. The van der Waals surface area contributed by atoms with Crippen LogP contribution < -0.4 is 5.32 Å². The summed E-state index contributed by atoms with van der Waals surface area (Å²) in [5, 5.41) is 4.25. The summed E-state index contributed by atoms with van der Waals surface area (Å²) < 4.78 is 0. The van der Waals surface area contributed by atoms with E-state index in [1.54, 1.807) is 0 Å². The van der Waals surface area contributed by atoms with Crippen molar-refractivity contribution in [2.75, 3.05) is 5.32 Å². The van der Waals surface area contributed by atoms with Crippen molar-refractivity contribution in [1.29, 1.82) is 0 Å². The Kier molecular flexibility index (Phi) is 5.08. The highest BCUT2D eigenvalue weighted by molar-refractivity contribution is 6.31. The fraction of sp³-hybridized carbons (Fsp3) is 0.333. The quantitative estimate of drug-likeness (QED) is 0.770. The van der Waals surface area contributed by atoms with Gasteiger partial charge in [0.1, 0.15) is 0 Å². The lowest BCUT2D eigenvalue weighted by Crippen LogP contribution is -2.01. The lowest BCUT2D eigenvalue weighted by Gasteiger charge is -2.11. The van der Waals surface area contributed by atoms with Crippen LogP contribution in [-0.4, -0.2) is 0 Å².